The molecule has 0 atom stereocenters. The van der Waals surface area contributed by atoms with Gasteiger partial charge in [-0.15, -0.1) is 0 Å². The van der Waals surface area contributed by atoms with Crippen LogP contribution in [-0.4, -0.2) is 10.7 Å². The number of rotatable bonds is 5. The number of nitro groups is 1. The summed E-state index contributed by atoms with van der Waals surface area (Å²) in [6.45, 7) is 0. The summed E-state index contributed by atoms with van der Waals surface area (Å²) in [6, 6.07) is 16.7. The minimum Gasteiger partial charge on any atom is -0.457 e. The van der Waals surface area contributed by atoms with Gasteiger partial charge in [-0.25, -0.2) is 0 Å². The van der Waals surface area contributed by atoms with Crippen molar-refractivity contribution in [2.24, 2.45) is 0 Å². The van der Waals surface area contributed by atoms with Crippen LogP contribution in [0.15, 0.2) is 75.6 Å². The smallest absolute Gasteiger partial charge is 0.269 e. The van der Waals surface area contributed by atoms with E-state index in [0.29, 0.717) is 17.1 Å². The molecule has 0 N–H and O–H groups in total. The zero-order valence-electron chi connectivity index (χ0n) is 12.9. The monoisotopic (exact) mass is 397 g/mol. The quantitative estimate of drug-likeness (QED) is 0.246. The largest absolute Gasteiger partial charge is 0.457 e. The Hall–Kier alpha value is -2.99. The Balaban J connectivity index is 1.73. The minimum absolute atomic E-state index is 0.0236. The van der Waals surface area contributed by atoms with E-state index in [1.807, 2.05) is 0 Å². The van der Waals surface area contributed by atoms with E-state index in [9.17, 15) is 14.9 Å². The molecule has 1 aromatic heterocycles. The van der Waals surface area contributed by atoms with Crippen LogP contribution in [0.2, 0.25) is 0 Å². The van der Waals surface area contributed by atoms with Crippen molar-refractivity contribution in [1.82, 2.24) is 0 Å². The van der Waals surface area contributed by atoms with E-state index >= 15 is 0 Å². The Morgan fingerprint density at radius 1 is 1.00 bits per heavy atom. The summed E-state index contributed by atoms with van der Waals surface area (Å²) in [6.07, 6.45) is 3.04. The molecule has 0 unspecified atom stereocenters. The zero-order chi connectivity index (χ0) is 17.8. The predicted molar refractivity (Wildman–Crippen MR) is 98.3 cm³/mol. The molecule has 0 saturated carbocycles. The molecule has 0 spiro atoms. The predicted octanol–water partition coefficient (Wildman–Crippen LogP) is 5.51. The molecule has 0 aliphatic rings. The van der Waals surface area contributed by atoms with Crippen molar-refractivity contribution in [1.29, 1.82) is 0 Å². The standard InChI is InChI=1S/C19H12BrNO4/c20-15-5-1-13(2-6-15)18(22)11-9-17-10-12-19(25-17)14-3-7-16(8-4-14)21(23)24/h1-12H. The number of nitro benzene ring substituents is 1. The molecule has 5 nitrogen and oxygen atoms in total. The Kier molecular flexibility index (Phi) is 4.90. The number of halogens is 1. The van der Waals surface area contributed by atoms with Crippen molar-refractivity contribution < 1.29 is 14.1 Å². The molecule has 0 fully saturated rings. The van der Waals surface area contributed by atoms with E-state index < -0.39 is 4.92 Å². The Morgan fingerprint density at radius 3 is 2.32 bits per heavy atom. The molecule has 2 aromatic carbocycles. The number of hydrogen-bond acceptors (Lipinski definition) is 4. The van der Waals surface area contributed by atoms with Gasteiger partial charge in [-0.2, -0.15) is 0 Å². The average molecular weight is 398 g/mol. The summed E-state index contributed by atoms with van der Waals surface area (Å²) in [5.41, 5.74) is 1.33. The van der Waals surface area contributed by atoms with Gasteiger partial charge in [0, 0.05) is 27.7 Å². The highest BCUT2D eigenvalue weighted by molar-refractivity contribution is 9.10. The van der Waals surface area contributed by atoms with Gasteiger partial charge in [0.05, 0.1) is 4.92 Å². The van der Waals surface area contributed by atoms with Gasteiger partial charge in [0.2, 0.25) is 0 Å². The van der Waals surface area contributed by atoms with Gasteiger partial charge < -0.3 is 4.42 Å². The average Bonchev–Trinajstić information content (AvgIpc) is 3.09. The third-order valence-corrected chi connectivity index (χ3v) is 4.05. The summed E-state index contributed by atoms with van der Waals surface area (Å²) < 4.78 is 6.57. The van der Waals surface area contributed by atoms with Gasteiger partial charge >= 0.3 is 0 Å². The van der Waals surface area contributed by atoms with Gasteiger partial charge in [-0.3, -0.25) is 14.9 Å². The van der Waals surface area contributed by atoms with E-state index in [0.717, 1.165) is 10.0 Å². The lowest BCUT2D eigenvalue weighted by Gasteiger charge is -1.97. The molecule has 6 heteroatoms. The Morgan fingerprint density at radius 2 is 1.68 bits per heavy atom. The fourth-order valence-electron chi connectivity index (χ4n) is 2.21. The number of non-ortho nitro benzene ring substituents is 1. The first-order chi connectivity index (χ1) is 12.0. The maximum absolute atomic E-state index is 12.1. The highest BCUT2D eigenvalue weighted by Crippen LogP contribution is 2.25. The molecule has 25 heavy (non-hydrogen) atoms. The van der Waals surface area contributed by atoms with Gasteiger partial charge in [-0.05, 0) is 60.7 Å². The first-order valence-corrected chi connectivity index (χ1v) is 8.15. The number of ketones is 1. The van der Waals surface area contributed by atoms with Crippen LogP contribution >= 0.6 is 15.9 Å². The molecule has 124 valence electrons. The van der Waals surface area contributed by atoms with Crippen molar-refractivity contribution >= 4 is 33.5 Å². The number of hydrogen-bond donors (Lipinski definition) is 0. The fourth-order valence-corrected chi connectivity index (χ4v) is 2.48. The van der Waals surface area contributed by atoms with Crippen LogP contribution in [0.5, 0.6) is 0 Å². The third kappa shape index (κ3) is 4.10. The van der Waals surface area contributed by atoms with Crippen molar-refractivity contribution in [2.45, 2.75) is 0 Å². The fraction of sp³-hybridized carbons (Fsp3) is 0. The number of furan rings is 1. The second kappa shape index (κ2) is 7.27. The summed E-state index contributed by atoms with van der Waals surface area (Å²) >= 11 is 3.33. The van der Waals surface area contributed by atoms with E-state index in [1.165, 1.54) is 18.2 Å². The van der Waals surface area contributed by atoms with Gasteiger partial charge in [-0.1, -0.05) is 15.9 Å². The normalized spacial score (nSPS) is 10.9. The highest BCUT2D eigenvalue weighted by Gasteiger charge is 2.08. The van der Waals surface area contributed by atoms with Crippen LogP contribution in [0.4, 0.5) is 5.69 Å². The van der Waals surface area contributed by atoms with Crippen LogP contribution in [0.1, 0.15) is 16.1 Å². The van der Waals surface area contributed by atoms with Crippen molar-refractivity contribution in [2.75, 3.05) is 0 Å². The zero-order valence-corrected chi connectivity index (χ0v) is 14.5. The maximum Gasteiger partial charge on any atom is 0.269 e. The molecule has 3 aromatic rings. The first-order valence-electron chi connectivity index (χ1n) is 7.35. The van der Waals surface area contributed by atoms with Gasteiger partial charge in [0.1, 0.15) is 11.5 Å². The Bertz CT molecular complexity index is 940. The molecule has 3 rings (SSSR count). The second-order valence-electron chi connectivity index (χ2n) is 5.21. The summed E-state index contributed by atoms with van der Waals surface area (Å²) in [4.78, 5) is 22.3. The highest BCUT2D eigenvalue weighted by atomic mass is 79.9. The molecular weight excluding hydrogens is 386 g/mol. The van der Waals surface area contributed by atoms with E-state index in [4.69, 9.17) is 4.42 Å². The lowest BCUT2D eigenvalue weighted by Crippen LogP contribution is -1.92. The molecule has 1 heterocycles. The number of benzene rings is 2. The summed E-state index contributed by atoms with van der Waals surface area (Å²) in [5, 5.41) is 10.7. The topological polar surface area (TPSA) is 73.3 Å². The molecule has 0 bridgehead atoms. The van der Waals surface area contributed by atoms with E-state index in [-0.39, 0.29) is 11.5 Å². The molecule has 0 amide bonds. The third-order valence-electron chi connectivity index (χ3n) is 3.52. The molecule has 0 saturated heterocycles. The van der Waals surface area contributed by atoms with Gasteiger partial charge in [0.25, 0.3) is 5.69 Å². The summed E-state index contributed by atoms with van der Waals surface area (Å²) in [7, 11) is 0. The second-order valence-corrected chi connectivity index (χ2v) is 6.13. The van der Waals surface area contributed by atoms with E-state index in [1.54, 1.807) is 54.6 Å². The number of carbonyl (C=O) groups is 1. The maximum atomic E-state index is 12.1. The van der Waals surface area contributed by atoms with Crippen LogP contribution in [0.3, 0.4) is 0 Å². The molecule has 0 aliphatic heterocycles. The van der Waals surface area contributed by atoms with Crippen molar-refractivity contribution in [3.63, 3.8) is 0 Å². The lowest BCUT2D eigenvalue weighted by atomic mass is 10.1. The van der Waals surface area contributed by atoms with Gasteiger partial charge in [0.15, 0.2) is 5.78 Å². The number of allylic oxidation sites excluding steroid dienone is 1. The van der Waals surface area contributed by atoms with Crippen LogP contribution in [0.25, 0.3) is 17.4 Å². The first kappa shape index (κ1) is 16.9. The molecule has 0 aliphatic carbocycles. The van der Waals surface area contributed by atoms with Crippen molar-refractivity contribution in [3.05, 3.63) is 92.7 Å². The van der Waals surface area contributed by atoms with Crippen LogP contribution in [-0.2, 0) is 0 Å². The molecular formula is C19H12BrNO4. The van der Waals surface area contributed by atoms with Crippen LogP contribution in [0, 0.1) is 10.1 Å². The van der Waals surface area contributed by atoms with Crippen molar-refractivity contribution in [3.8, 4) is 11.3 Å². The SMILES string of the molecule is O=C(C=Cc1ccc(-c2ccc([N+](=O)[O-])cc2)o1)c1ccc(Br)cc1. The Labute approximate surface area is 151 Å². The number of carbonyl (C=O) groups excluding carboxylic acids is 1. The summed E-state index contributed by atoms with van der Waals surface area (Å²) in [5.74, 6) is 0.977. The number of nitrogens with zero attached hydrogens (tertiary/aromatic N) is 1. The lowest BCUT2D eigenvalue weighted by molar-refractivity contribution is -0.384. The molecule has 0 radical (unpaired) electrons. The van der Waals surface area contributed by atoms with Crippen LogP contribution < -0.4 is 0 Å². The minimum atomic E-state index is -0.451. The van der Waals surface area contributed by atoms with E-state index in [2.05, 4.69) is 15.9 Å².